The first kappa shape index (κ1) is 34.8. The van der Waals surface area contributed by atoms with Crippen LogP contribution < -0.4 is 4.90 Å². The minimum atomic E-state index is -0.108. The van der Waals surface area contributed by atoms with Gasteiger partial charge in [-0.3, -0.25) is 0 Å². The van der Waals surface area contributed by atoms with E-state index in [1.165, 1.54) is 77.5 Å². The maximum absolute atomic E-state index is 3.63. The zero-order valence-corrected chi connectivity index (χ0v) is 33.2. The molecule has 9 aromatic carbocycles. The van der Waals surface area contributed by atoms with Crippen molar-refractivity contribution < 1.29 is 0 Å². The Morgan fingerprint density at radius 2 is 0.797 bits per heavy atom. The molecule has 1 heterocycles. The first-order valence-corrected chi connectivity index (χ1v) is 20.5. The SMILES string of the molecule is CC1(C)c2ccccc2-c2ccc(N(c3ccc(-c4cc(-c5ccccc5)cc(-c5ccccc5)c4)cc3)c3ccc(-c4ccc5c(c4)[nH]c4ccccc45)cc3)cc21. The number of aromatic amines is 1. The summed E-state index contributed by atoms with van der Waals surface area (Å²) in [6.07, 6.45) is 0. The number of anilines is 3. The molecule has 1 N–H and O–H groups in total. The number of nitrogens with zero attached hydrogens (tertiary/aromatic N) is 1. The van der Waals surface area contributed by atoms with Gasteiger partial charge in [0.1, 0.15) is 0 Å². The van der Waals surface area contributed by atoms with Crippen LogP contribution in [0.15, 0.2) is 212 Å². The second-order valence-electron chi connectivity index (χ2n) is 16.3. The Labute approximate surface area is 345 Å². The van der Waals surface area contributed by atoms with Gasteiger partial charge in [0.2, 0.25) is 0 Å². The van der Waals surface area contributed by atoms with E-state index in [-0.39, 0.29) is 5.41 Å². The molecule has 0 saturated carbocycles. The van der Waals surface area contributed by atoms with Crippen LogP contribution in [0.5, 0.6) is 0 Å². The van der Waals surface area contributed by atoms with Crippen molar-refractivity contribution in [3.63, 3.8) is 0 Å². The van der Waals surface area contributed by atoms with Crippen molar-refractivity contribution in [2.24, 2.45) is 0 Å². The van der Waals surface area contributed by atoms with Crippen molar-refractivity contribution >= 4 is 38.9 Å². The number of aromatic nitrogens is 1. The molecule has 11 rings (SSSR count). The largest absolute Gasteiger partial charge is 0.354 e. The van der Waals surface area contributed by atoms with Crippen molar-refractivity contribution in [2.45, 2.75) is 19.3 Å². The summed E-state index contributed by atoms with van der Waals surface area (Å²) in [5.41, 5.74) is 20.5. The summed E-state index contributed by atoms with van der Waals surface area (Å²) in [5, 5.41) is 2.51. The summed E-state index contributed by atoms with van der Waals surface area (Å²) in [7, 11) is 0. The highest BCUT2D eigenvalue weighted by molar-refractivity contribution is 6.08. The molecule has 1 aromatic heterocycles. The molecule has 0 spiro atoms. The van der Waals surface area contributed by atoms with E-state index in [0.29, 0.717) is 0 Å². The van der Waals surface area contributed by atoms with Gasteiger partial charge in [-0.1, -0.05) is 159 Å². The summed E-state index contributed by atoms with van der Waals surface area (Å²) in [5.74, 6) is 0. The second kappa shape index (κ2) is 13.9. The van der Waals surface area contributed by atoms with E-state index >= 15 is 0 Å². The van der Waals surface area contributed by atoms with E-state index < -0.39 is 0 Å². The normalized spacial score (nSPS) is 12.7. The Bertz CT molecular complexity index is 3100. The summed E-state index contributed by atoms with van der Waals surface area (Å²) in [4.78, 5) is 6.03. The molecule has 0 saturated heterocycles. The van der Waals surface area contributed by atoms with Crippen molar-refractivity contribution in [1.29, 1.82) is 0 Å². The molecule has 1 aliphatic carbocycles. The lowest BCUT2D eigenvalue weighted by Gasteiger charge is -2.28. The zero-order chi connectivity index (χ0) is 39.5. The van der Waals surface area contributed by atoms with Gasteiger partial charge in [0.15, 0.2) is 0 Å². The molecule has 0 radical (unpaired) electrons. The maximum Gasteiger partial charge on any atom is 0.0471 e. The standard InChI is InChI=1S/C57H42N2/c1-57(2)53-19-11-9-17-49(53)50-32-30-48(37-54(50)57)59(46-26-21-40(22-27-46)42-25-31-52-51-18-10-12-20-55(51)58-56(52)36-42)47-28-23-41(24-29-47)45-34-43(38-13-5-3-6-14-38)33-44(35-45)39-15-7-4-8-16-39/h3-37,58H,1-2H3. The summed E-state index contributed by atoms with van der Waals surface area (Å²) >= 11 is 0. The average molecular weight is 755 g/mol. The molecular weight excluding hydrogens is 713 g/mol. The molecule has 0 fully saturated rings. The molecule has 0 atom stereocenters. The number of hydrogen-bond donors (Lipinski definition) is 1. The van der Waals surface area contributed by atoms with Crippen molar-refractivity contribution in [3.8, 4) is 55.6 Å². The lowest BCUT2D eigenvalue weighted by Crippen LogP contribution is -2.16. The Hall–Kier alpha value is -7.42. The van der Waals surface area contributed by atoms with E-state index in [0.717, 1.165) is 28.1 Å². The quantitative estimate of drug-likeness (QED) is 0.172. The van der Waals surface area contributed by atoms with Gasteiger partial charge < -0.3 is 9.88 Å². The smallest absolute Gasteiger partial charge is 0.0471 e. The molecule has 0 amide bonds. The average Bonchev–Trinajstić information content (AvgIpc) is 3.78. The minimum absolute atomic E-state index is 0.108. The number of fused-ring (bicyclic) bond motifs is 6. The maximum atomic E-state index is 3.63. The van der Waals surface area contributed by atoms with Crippen LogP contribution in [0.1, 0.15) is 25.0 Å². The lowest BCUT2D eigenvalue weighted by atomic mass is 9.82. The van der Waals surface area contributed by atoms with Crippen LogP contribution in [-0.4, -0.2) is 4.98 Å². The van der Waals surface area contributed by atoms with Gasteiger partial charge in [0, 0.05) is 44.3 Å². The Morgan fingerprint density at radius 3 is 1.44 bits per heavy atom. The summed E-state index contributed by atoms with van der Waals surface area (Å²) < 4.78 is 0. The predicted octanol–water partition coefficient (Wildman–Crippen LogP) is 15.8. The molecule has 0 aliphatic heterocycles. The molecule has 0 unspecified atom stereocenters. The molecule has 1 aliphatic rings. The van der Waals surface area contributed by atoms with Gasteiger partial charge in [0.25, 0.3) is 0 Å². The van der Waals surface area contributed by atoms with Crippen LogP contribution in [0.4, 0.5) is 17.1 Å². The summed E-state index contributed by atoms with van der Waals surface area (Å²) in [6.45, 7) is 4.71. The van der Waals surface area contributed by atoms with E-state index in [2.05, 4.69) is 236 Å². The van der Waals surface area contributed by atoms with Crippen LogP contribution in [0.25, 0.3) is 77.4 Å². The highest BCUT2D eigenvalue weighted by Gasteiger charge is 2.35. The number of rotatable bonds is 7. The van der Waals surface area contributed by atoms with Gasteiger partial charge in [-0.05, 0) is 133 Å². The Balaban J connectivity index is 1.01. The predicted molar refractivity (Wildman–Crippen MR) is 250 cm³/mol. The monoisotopic (exact) mass is 754 g/mol. The minimum Gasteiger partial charge on any atom is -0.354 e. The van der Waals surface area contributed by atoms with Gasteiger partial charge in [-0.25, -0.2) is 0 Å². The second-order valence-corrected chi connectivity index (χ2v) is 16.3. The van der Waals surface area contributed by atoms with Crippen LogP contribution in [-0.2, 0) is 5.41 Å². The molecule has 10 aromatic rings. The molecule has 280 valence electrons. The fourth-order valence-electron chi connectivity index (χ4n) is 9.31. The van der Waals surface area contributed by atoms with Crippen LogP contribution in [0.2, 0.25) is 0 Å². The number of hydrogen-bond acceptors (Lipinski definition) is 1. The lowest BCUT2D eigenvalue weighted by molar-refractivity contribution is 0.660. The van der Waals surface area contributed by atoms with Gasteiger partial charge in [-0.2, -0.15) is 0 Å². The molecule has 59 heavy (non-hydrogen) atoms. The van der Waals surface area contributed by atoms with E-state index in [1.54, 1.807) is 0 Å². The number of nitrogens with one attached hydrogen (secondary N) is 1. The third-order valence-corrected chi connectivity index (χ3v) is 12.4. The number of para-hydroxylation sites is 1. The molecule has 2 heteroatoms. The van der Waals surface area contributed by atoms with Crippen LogP contribution in [0, 0.1) is 0 Å². The third-order valence-electron chi connectivity index (χ3n) is 12.4. The number of H-pyrrole nitrogens is 1. The van der Waals surface area contributed by atoms with Gasteiger partial charge in [-0.15, -0.1) is 0 Å². The molecular formula is C57H42N2. The third kappa shape index (κ3) is 6.04. The first-order chi connectivity index (χ1) is 29.0. The molecule has 0 bridgehead atoms. The van der Waals surface area contributed by atoms with E-state index in [4.69, 9.17) is 0 Å². The van der Waals surface area contributed by atoms with E-state index in [9.17, 15) is 0 Å². The topological polar surface area (TPSA) is 19.0 Å². The van der Waals surface area contributed by atoms with Crippen LogP contribution in [0.3, 0.4) is 0 Å². The van der Waals surface area contributed by atoms with Crippen molar-refractivity contribution in [2.75, 3.05) is 4.90 Å². The Kier molecular flexibility index (Phi) is 8.20. The van der Waals surface area contributed by atoms with Crippen molar-refractivity contribution in [1.82, 2.24) is 4.98 Å². The summed E-state index contributed by atoms with van der Waals surface area (Å²) in [6, 6.07) is 77.6. The van der Waals surface area contributed by atoms with E-state index in [1.807, 2.05) is 0 Å². The van der Waals surface area contributed by atoms with Gasteiger partial charge in [0.05, 0.1) is 0 Å². The number of benzene rings is 9. The molecule has 2 nitrogen and oxygen atoms in total. The highest BCUT2D eigenvalue weighted by Crippen LogP contribution is 2.51. The Morgan fingerprint density at radius 1 is 0.322 bits per heavy atom. The first-order valence-electron chi connectivity index (χ1n) is 20.5. The fraction of sp³-hybridized carbons (Fsp3) is 0.0526. The zero-order valence-electron chi connectivity index (χ0n) is 33.2. The van der Waals surface area contributed by atoms with Crippen LogP contribution >= 0.6 is 0 Å². The fourth-order valence-corrected chi connectivity index (χ4v) is 9.31. The van der Waals surface area contributed by atoms with Gasteiger partial charge >= 0.3 is 0 Å². The van der Waals surface area contributed by atoms with Crippen molar-refractivity contribution in [3.05, 3.63) is 223 Å². The highest BCUT2D eigenvalue weighted by atomic mass is 15.1.